The molecule has 1 saturated heterocycles. The van der Waals surface area contributed by atoms with E-state index >= 15 is 0 Å². The largest absolute Gasteiger partial charge is 0.492 e. The van der Waals surface area contributed by atoms with Crippen LogP contribution >= 0.6 is 0 Å². The van der Waals surface area contributed by atoms with E-state index in [-0.39, 0.29) is 30.0 Å². The Labute approximate surface area is 319 Å². The molecule has 0 radical (unpaired) electrons. The molecular formula is C42H57N9O3. The number of amidine groups is 1. The molecular weight excluding hydrogens is 679 g/mol. The number of fused-ring (bicyclic) bond motifs is 2. The lowest BCUT2D eigenvalue weighted by atomic mass is 9.85. The van der Waals surface area contributed by atoms with Crippen molar-refractivity contribution in [1.29, 1.82) is 5.41 Å². The molecule has 12 nitrogen and oxygen atoms in total. The van der Waals surface area contributed by atoms with Crippen LogP contribution < -0.4 is 25.0 Å². The second-order valence-corrected chi connectivity index (χ2v) is 15.4. The number of likely N-dealkylation sites (N-methyl/N-ethyl adjacent to an activating group) is 1. The van der Waals surface area contributed by atoms with Crippen LogP contribution in [0.1, 0.15) is 103 Å². The Bertz CT molecular complexity index is 1930. The number of ether oxygens (including phenoxy) is 2. The highest BCUT2D eigenvalue weighted by atomic mass is 16.5. The highest BCUT2D eigenvalue weighted by molar-refractivity contribution is 6.09. The Morgan fingerprint density at radius 3 is 2.54 bits per heavy atom. The second-order valence-electron chi connectivity index (χ2n) is 15.4. The third-order valence-electron chi connectivity index (χ3n) is 10.6. The van der Waals surface area contributed by atoms with Gasteiger partial charge in [-0.2, -0.15) is 0 Å². The van der Waals surface area contributed by atoms with Crippen molar-refractivity contribution in [2.45, 2.75) is 98.3 Å². The predicted molar refractivity (Wildman–Crippen MR) is 216 cm³/mol. The lowest BCUT2D eigenvalue weighted by Gasteiger charge is -2.33. The molecule has 0 saturated carbocycles. The number of carbonyl (C=O) groups is 1. The van der Waals surface area contributed by atoms with Gasteiger partial charge in [0.1, 0.15) is 30.0 Å². The molecule has 1 aliphatic carbocycles. The Morgan fingerprint density at radius 1 is 0.981 bits per heavy atom. The fourth-order valence-corrected chi connectivity index (χ4v) is 7.21. The second kappa shape index (κ2) is 17.4. The van der Waals surface area contributed by atoms with Gasteiger partial charge in [-0.15, -0.1) is 10.2 Å². The summed E-state index contributed by atoms with van der Waals surface area (Å²) in [7, 11) is 0. The first-order valence-electron chi connectivity index (χ1n) is 19.6. The molecule has 2 amide bonds. The van der Waals surface area contributed by atoms with Crippen molar-refractivity contribution >= 4 is 34.9 Å². The normalized spacial score (nSPS) is 19.1. The monoisotopic (exact) mass is 735 g/mol. The number of nitrogens with one attached hydrogen (secondary N) is 3. The van der Waals surface area contributed by atoms with Crippen LogP contribution in [0.15, 0.2) is 71.9 Å². The van der Waals surface area contributed by atoms with Gasteiger partial charge in [0.25, 0.3) is 0 Å². The van der Waals surface area contributed by atoms with Crippen LogP contribution in [0, 0.1) is 10.8 Å². The lowest BCUT2D eigenvalue weighted by Crippen LogP contribution is -2.43. The topological polar surface area (TPSA) is 132 Å². The maximum Gasteiger partial charge on any atom is 0.320 e. The number of rotatable bonds is 13. The minimum absolute atomic E-state index is 0.181. The summed E-state index contributed by atoms with van der Waals surface area (Å²) < 4.78 is 14.7. The number of anilines is 1. The van der Waals surface area contributed by atoms with E-state index in [0.29, 0.717) is 42.1 Å². The number of carbonyl (C=O) groups excluding carboxylic acids is 1. The van der Waals surface area contributed by atoms with E-state index in [1.807, 2.05) is 79.9 Å². The van der Waals surface area contributed by atoms with Gasteiger partial charge in [-0.25, -0.2) is 9.79 Å². The highest BCUT2D eigenvalue weighted by Crippen LogP contribution is 2.39. The van der Waals surface area contributed by atoms with Gasteiger partial charge >= 0.3 is 6.03 Å². The van der Waals surface area contributed by atoms with E-state index in [9.17, 15) is 4.79 Å². The summed E-state index contributed by atoms with van der Waals surface area (Å²) in [6.45, 7) is 16.8. The Morgan fingerprint density at radius 2 is 1.78 bits per heavy atom. The van der Waals surface area contributed by atoms with Gasteiger partial charge in [-0.3, -0.25) is 9.72 Å². The summed E-state index contributed by atoms with van der Waals surface area (Å²) in [4.78, 5) is 23.2. The smallest absolute Gasteiger partial charge is 0.320 e. The van der Waals surface area contributed by atoms with Gasteiger partial charge < -0.3 is 30.0 Å². The molecule has 1 aliphatic heterocycles. The zero-order chi connectivity index (χ0) is 38.2. The molecule has 4 aromatic rings. The summed E-state index contributed by atoms with van der Waals surface area (Å²) in [5.74, 6) is 2.72. The molecule has 54 heavy (non-hydrogen) atoms. The van der Waals surface area contributed by atoms with Gasteiger partial charge in [0.05, 0.1) is 17.9 Å². The number of benzene rings is 2. The first-order chi connectivity index (χ1) is 26.0. The summed E-state index contributed by atoms with van der Waals surface area (Å²) in [6.07, 6.45) is 6.96. The first kappa shape index (κ1) is 38.7. The predicted octanol–water partition coefficient (Wildman–Crippen LogP) is 8.27. The third kappa shape index (κ3) is 9.57. The van der Waals surface area contributed by atoms with Crippen LogP contribution in [-0.2, 0) is 0 Å². The minimum atomic E-state index is -0.377. The fraction of sp³-hybridized carbons (Fsp3) is 0.500. The zero-order valence-corrected chi connectivity index (χ0v) is 32.8. The molecule has 3 heterocycles. The van der Waals surface area contributed by atoms with E-state index in [2.05, 4.69) is 63.5 Å². The fourth-order valence-electron chi connectivity index (χ4n) is 7.21. The maximum atomic E-state index is 13.7. The molecule has 2 aliphatic rings. The number of hydrogen-bond acceptors (Lipinski definition) is 9. The van der Waals surface area contributed by atoms with Gasteiger partial charge in [0, 0.05) is 37.3 Å². The van der Waals surface area contributed by atoms with Crippen LogP contribution in [0.5, 0.6) is 11.5 Å². The Kier molecular flexibility index (Phi) is 12.5. The van der Waals surface area contributed by atoms with Gasteiger partial charge in [-0.1, -0.05) is 65.0 Å². The van der Waals surface area contributed by atoms with E-state index in [4.69, 9.17) is 19.9 Å². The number of pyridine rings is 1. The zero-order valence-electron chi connectivity index (χ0n) is 32.8. The van der Waals surface area contributed by atoms with Crippen molar-refractivity contribution < 1.29 is 14.3 Å². The van der Waals surface area contributed by atoms with Crippen molar-refractivity contribution in [2.75, 3.05) is 37.7 Å². The SMILES string of the molecule is CCN(CC)CCOc1cccc(N=C(CC(=N)C(C)(C)C)NC(=O)NC2CCC(Oc3ccc4nnc(N5CCCCC5C)n4c3)c3ccccc32)c1. The van der Waals surface area contributed by atoms with Crippen LogP contribution in [0.2, 0.25) is 0 Å². The lowest BCUT2D eigenvalue weighted by molar-refractivity contribution is 0.171. The molecule has 2 aromatic heterocycles. The van der Waals surface area contributed by atoms with E-state index in [1.54, 1.807) is 0 Å². The van der Waals surface area contributed by atoms with Crippen LogP contribution in [0.3, 0.4) is 0 Å². The van der Waals surface area contributed by atoms with Crippen molar-refractivity contribution in [1.82, 2.24) is 30.1 Å². The summed E-state index contributed by atoms with van der Waals surface area (Å²) >= 11 is 0. The van der Waals surface area contributed by atoms with Crippen molar-refractivity contribution in [3.05, 3.63) is 78.0 Å². The van der Waals surface area contributed by atoms with Crippen LogP contribution in [0.25, 0.3) is 5.65 Å². The van der Waals surface area contributed by atoms with Gasteiger partial charge in [0.15, 0.2) is 5.65 Å². The highest BCUT2D eigenvalue weighted by Gasteiger charge is 2.30. The molecule has 2 aromatic carbocycles. The Balaban J connectivity index is 1.15. The molecule has 3 unspecified atom stereocenters. The number of piperidine rings is 1. The molecule has 0 bridgehead atoms. The summed E-state index contributed by atoms with van der Waals surface area (Å²) in [5, 5.41) is 23.9. The number of amides is 2. The van der Waals surface area contributed by atoms with E-state index in [0.717, 1.165) is 73.9 Å². The molecule has 288 valence electrons. The van der Waals surface area contributed by atoms with Crippen LogP contribution in [-0.4, -0.2) is 75.9 Å². The molecule has 12 heteroatoms. The average molecular weight is 736 g/mol. The standard InChI is InChI=1S/C42H57N9O3/c1-7-49(8-2)24-25-53-31-16-13-15-30(26-31)44-38(27-37(43)42(4,5)6)46-40(52)45-35-20-21-36(34-18-10-9-17-33(34)35)54-32-19-22-39-47-48-41(51(39)28-32)50-23-12-11-14-29(50)3/h9-10,13,15-19,22,26,28-29,35-36,43H,7-8,11-12,14,20-21,23-25,27H2,1-6H3,(H2,44,45,46,52). The third-order valence-corrected chi connectivity index (χ3v) is 10.6. The maximum absolute atomic E-state index is 13.7. The first-order valence-corrected chi connectivity index (χ1v) is 19.6. The summed E-state index contributed by atoms with van der Waals surface area (Å²) in [5.41, 5.74) is 3.60. The van der Waals surface area contributed by atoms with Gasteiger partial charge in [0.2, 0.25) is 5.95 Å². The van der Waals surface area contributed by atoms with Crippen molar-refractivity contribution in [2.24, 2.45) is 10.4 Å². The quantitative estimate of drug-likeness (QED) is 0.0930. The number of aromatic nitrogens is 3. The molecule has 3 N–H and O–H groups in total. The molecule has 0 spiro atoms. The number of hydrogen-bond donors (Lipinski definition) is 3. The average Bonchev–Trinajstić information content (AvgIpc) is 3.57. The summed E-state index contributed by atoms with van der Waals surface area (Å²) in [6, 6.07) is 19.5. The van der Waals surface area contributed by atoms with Crippen LogP contribution in [0.4, 0.5) is 16.4 Å². The minimum Gasteiger partial charge on any atom is -0.492 e. The molecule has 6 rings (SSSR count). The number of urea groups is 1. The Hall–Kier alpha value is -4.97. The van der Waals surface area contributed by atoms with Crippen molar-refractivity contribution in [3.8, 4) is 11.5 Å². The van der Waals surface area contributed by atoms with Crippen molar-refractivity contribution in [3.63, 3.8) is 0 Å². The molecule has 3 atom stereocenters. The number of nitrogens with zero attached hydrogens (tertiary/aromatic N) is 6. The van der Waals surface area contributed by atoms with E-state index < -0.39 is 0 Å². The number of aliphatic imine (C=N–C) groups is 1. The van der Waals surface area contributed by atoms with Gasteiger partial charge in [-0.05, 0) is 92.9 Å². The van der Waals surface area contributed by atoms with E-state index in [1.165, 1.54) is 6.42 Å². The molecule has 1 fully saturated rings.